The lowest BCUT2D eigenvalue weighted by atomic mass is 9.91. The van der Waals surface area contributed by atoms with Crippen LogP contribution in [0.5, 0.6) is 0 Å². The lowest BCUT2D eigenvalue weighted by molar-refractivity contribution is -0.124. The van der Waals surface area contributed by atoms with Gasteiger partial charge in [-0.1, -0.05) is 18.2 Å². The van der Waals surface area contributed by atoms with Crippen LogP contribution >= 0.6 is 24.2 Å². The van der Waals surface area contributed by atoms with Crippen LogP contribution in [0.25, 0.3) is 0 Å². The van der Waals surface area contributed by atoms with Crippen LogP contribution in [0.15, 0.2) is 29.2 Å². The average Bonchev–Trinajstić information content (AvgIpc) is 3.22. The summed E-state index contributed by atoms with van der Waals surface area (Å²) >= 11 is 1.91. The minimum Gasteiger partial charge on any atom is -0.349 e. The molecule has 3 aliphatic rings. The predicted molar refractivity (Wildman–Crippen MR) is 92.6 cm³/mol. The molecule has 1 aromatic rings. The number of rotatable bonds is 2. The zero-order valence-corrected chi connectivity index (χ0v) is 14.3. The van der Waals surface area contributed by atoms with Gasteiger partial charge in [0.25, 0.3) is 0 Å². The van der Waals surface area contributed by atoms with Crippen LogP contribution in [0.3, 0.4) is 0 Å². The third-order valence-electron chi connectivity index (χ3n) is 5.38. The summed E-state index contributed by atoms with van der Waals surface area (Å²) in [5.74, 6) is 1.66. The van der Waals surface area contributed by atoms with Gasteiger partial charge in [0, 0.05) is 16.6 Å². The van der Waals surface area contributed by atoms with E-state index in [0.717, 1.165) is 31.7 Å². The Kier molecular flexibility index (Phi) is 4.72. The molecule has 120 valence electrons. The van der Waals surface area contributed by atoms with Crippen LogP contribution in [0.2, 0.25) is 0 Å². The Balaban J connectivity index is 0.00000144. The van der Waals surface area contributed by atoms with Crippen LogP contribution in [0.1, 0.15) is 37.3 Å². The van der Waals surface area contributed by atoms with Gasteiger partial charge in [0.05, 0.1) is 6.04 Å². The van der Waals surface area contributed by atoms with Crippen LogP contribution in [0.4, 0.5) is 0 Å². The number of nitrogens with one attached hydrogen (secondary N) is 2. The number of fused-ring (bicyclic) bond motifs is 1. The van der Waals surface area contributed by atoms with E-state index in [1.54, 1.807) is 0 Å². The van der Waals surface area contributed by atoms with Crippen molar-refractivity contribution in [3.05, 3.63) is 29.8 Å². The fourth-order valence-corrected chi connectivity index (χ4v) is 5.09. The second kappa shape index (κ2) is 6.42. The van der Waals surface area contributed by atoms with Crippen molar-refractivity contribution in [2.75, 3.05) is 18.8 Å². The molecule has 5 heteroatoms. The van der Waals surface area contributed by atoms with Gasteiger partial charge in [0.1, 0.15) is 0 Å². The number of hydrogen-bond acceptors (Lipinski definition) is 3. The van der Waals surface area contributed by atoms with E-state index >= 15 is 0 Å². The van der Waals surface area contributed by atoms with E-state index in [1.165, 1.54) is 23.3 Å². The quantitative estimate of drug-likeness (QED) is 0.870. The first-order chi connectivity index (χ1) is 10.3. The zero-order chi connectivity index (χ0) is 14.3. The van der Waals surface area contributed by atoms with E-state index in [4.69, 9.17) is 0 Å². The first kappa shape index (κ1) is 16.2. The Hall–Kier alpha value is -0.710. The molecule has 2 heterocycles. The molecule has 2 N–H and O–H groups in total. The molecular formula is C17H23ClN2OS. The Bertz CT molecular complexity index is 559. The molecule has 1 aromatic carbocycles. The number of halogens is 1. The smallest absolute Gasteiger partial charge is 0.224 e. The summed E-state index contributed by atoms with van der Waals surface area (Å²) in [6.07, 6.45) is 4.49. The second-order valence-corrected chi connectivity index (χ2v) is 7.74. The van der Waals surface area contributed by atoms with Crippen LogP contribution in [-0.4, -0.2) is 24.7 Å². The van der Waals surface area contributed by atoms with Gasteiger partial charge in [-0.15, -0.1) is 24.2 Å². The highest BCUT2D eigenvalue weighted by atomic mass is 35.5. The fraction of sp³-hybridized carbons (Fsp3) is 0.588. The van der Waals surface area contributed by atoms with Crippen LogP contribution in [0, 0.1) is 11.3 Å². The highest BCUT2D eigenvalue weighted by Gasteiger charge is 2.57. The molecule has 2 unspecified atom stereocenters. The first-order valence-electron chi connectivity index (χ1n) is 8.01. The van der Waals surface area contributed by atoms with Gasteiger partial charge in [-0.2, -0.15) is 0 Å². The summed E-state index contributed by atoms with van der Waals surface area (Å²) in [7, 11) is 0. The summed E-state index contributed by atoms with van der Waals surface area (Å²) in [4.78, 5) is 14.0. The van der Waals surface area contributed by atoms with Crippen molar-refractivity contribution in [3.63, 3.8) is 0 Å². The van der Waals surface area contributed by atoms with Crippen molar-refractivity contribution in [3.8, 4) is 0 Å². The summed E-state index contributed by atoms with van der Waals surface area (Å²) in [6.45, 7) is 2.15. The fourth-order valence-electron chi connectivity index (χ4n) is 3.96. The molecule has 1 saturated carbocycles. The SMILES string of the molecule is Cl.O=C(NC1CCSc2ccccc21)C1CC12CCNCC2. The maximum Gasteiger partial charge on any atom is 0.224 e. The number of amides is 1. The van der Waals surface area contributed by atoms with Gasteiger partial charge in [-0.25, -0.2) is 0 Å². The van der Waals surface area contributed by atoms with E-state index in [9.17, 15) is 4.79 Å². The zero-order valence-electron chi connectivity index (χ0n) is 12.6. The van der Waals surface area contributed by atoms with Crippen molar-refractivity contribution < 1.29 is 4.79 Å². The summed E-state index contributed by atoms with van der Waals surface area (Å²) in [5, 5.41) is 6.74. The number of carbonyl (C=O) groups excluding carboxylic acids is 1. The van der Waals surface area contributed by atoms with Gasteiger partial charge < -0.3 is 10.6 Å². The number of benzene rings is 1. The molecule has 2 fully saturated rings. The predicted octanol–water partition coefficient (Wildman–Crippen LogP) is 3.15. The van der Waals surface area contributed by atoms with E-state index in [1.807, 2.05) is 11.8 Å². The van der Waals surface area contributed by atoms with Crippen molar-refractivity contribution in [2.24, 2.45) is 11.3 Å². The van der Waals surface area contributed by atoms with Gasteiger partial charge >= 0.3 is 0 Å². The molecule has 0 aromatic heterocycles. The molecule has 0 radical (unpaired) electrons. The van der Waals surface area contributed by atoms with Gasteiger partial charge in [-0.3, -0.25) is 4.79 Å². The molecule has 22 heavy (non-hydrogen) atoms. The number of thioether (sulfide) groups is 1. The Labute approximate surface area is 142 Å². The summed E-state index contributed by atoms with van der Waals surface area (Å²) < 4.78 is 0. The minimum atomic E-state index is 0. The number of hydrogen-bond donors (Lipinski definition) is 2. The third kappa shape index (κ3) is 2.89. The minimum absolute atomic E-state index is 0. The Morgan fingerprint density at radius 3 is 2.86 bits per heavy atom. The summed E-state index contributed by atoms with van der Waals surface area (Å²) in [5.41, 5.74) is 1.64. The van der Waals surface area contributed by atoms with E-state index < -0.39 is 0 Å². The lowest BCUT2D eigenvalue weighted by Crippen LogP contribution is -2.36. The van der Waals surface area contributed by atoms with Gasteiger partial charge in [-0.05, 0) is 55.8 Å². The highest BCUT2D eigenvalue weighted by Crippen LogP contribution is 2.58. The molecular weight excluding hydrogens is 316 g/mol. The Morgan fingerprint density at radius 1 is 1.27 bits per heavy atom. The number of piperidine rings is 1. The maximum absolute atomic E-state index is 12.6. The molecule has 0 bridgehead atoms. The third-order valence-corrected chi connectivity index (χ3v) is 6.50. The van der Waals surface area contributed by atoms with E-state index in [-0.39, 0.29) is 24.4 Å². The monoisotopic (exact) mass is 338 g/mol. The van der Waals surface area contributed by atoms with Crippen molar-refractivity contribution in [1.29, 1.82) is 0 Å². The second-order valence-electron chi connectivity index (χ2n) is 6.61. The van der Waals surface area contributed by atoms with Gasteiger partial charge in [0.2, 0.25) is 5.91 Å². The molecule has 1 spiro atoms. The van der Waals surface area contributed by atoms with Gasteiger partial charge in [0.15, 0.2) is 0 Å². The summed E-state index contributed by atoms with van der Waals surface area (Å²) in [6, 6.07) is 8.72. The topological polar surface area (TPSA) is 41.1 Å². The van der Waals surface area contributed by atoms with Crippen LogP contribution < -0.4 is 10.6 Å². The molecule has 2 atom stereocenters. The average molecular weight is 339 g/mol. The molecule has 4 rings (SSSR count). The lowest BCUT2D eigenvalue weighted by Gasteiger charge is -2.27. The molecule has 1 saturated heterocycles. The largest absolute Gasteiger partial charge is 0.349 e. The first-order valence-corrected chi connectivity index (χ1v) is 9.00. The number of carbonyl (C=O) groups is 1. The van der Waals surface area contributed by atoms with E-state index in [0.29, 0.717) is 11.3 Å². The molecule has 3 nitrogen and oxygen atoms in total. The van der Waals surface area contributed by atoms with E-state index in [2.05, 4.69) is 34.9 Å². The van der Waals surface area contributed by atoms with Crippen molar-refractivity contribution >= 4 is 30.1 Å². The normalized spacial score (nSPS) is 28.4. The van der Waals surface area contributed by atoms with Crippen molar-refractivity contribution in [1.82, 2.24) is 10.6 Å². The maximum atomic E-state index is 12.6. The Morgan fingerprint density at radius 2 is 2.05 bits per heavy atom. The van der Waals surface area contributed by atoms with Crippen LogP contribution in [-0.2, 0) is 4.79 Å². The molecule has 1 aliphatic carbocycles. The molecule has 1 amide bonds. The standard InChI is InChI=1S/C17H22N2OS.ClH/c20-16(13-11-17(13)6-8-18-9-7-17)19-14-5-10-21-15-4-2-1-3-12(14)15;/h1-4,13-14,18H,5-11H2,(H,19,20);1H. The molecule has 2 aliphatic heterocycles. The van der Waals surface area contributed by atoms with Crippen molar-refractivity contribution in [2.45, 2.75) is 36.6 Å². The highest BCUT2D eigenvalue weighted by molar-refractivity contribution is 7.99.